The van der Waals surface area contributed by atoms with Crippen molar-refractivity contribution in [3.63, 3.8) is 0 Å². The summed E-state index contributed by atoms with van der Waals surface area (Å²) < 4.78 is 1.34. The lowest BCUT2D eigenvalue weighted by Gasteiger charge is -2.24. The molecule has 2 aromatic rings. The number of fused-ring (bicyclic) bond motifs is 1. The van der Waals surface area contributed by atoms with Gasteiger partial charge in [-0.05, 0) is 38.3 Å². The van der Waals surface area contributed by atoms with E-state index in [2.05, 4.69) is 21.5 Å². The minimum Gasteiger partial charge on any atom is -0.324 e. The number of aromatic nitrogens is 2. The Bertz CT molecular complexity index is 1180. The van der Waals surface area contributed by atoms with E-state index in [1.54, 1.807) is 25.1 Å². The zero-order valence-corrected chi connectivity index (χ0v) is 20.4. The van der Waals surface area contributed by atoms with Crippen LogP contribution in [0.4, 0.5) is 5.69 Å². The number of carbonyl (C=O) groups excluding carboxylic acids is 3. The second kappa shape index (κ2) is 12.8. The summed E-state index contributed by atoms with van der Waals surface area (Å²) >= 11 is 0. The monoisotopic (exact) mass is 478 g/mol. The van der Waals surface area contributed by atoms with Gasteiger partial charge in [-0.15, -0.1) is 12.3 Å². The minimum absolute atomic E-state index is 0.111. The number of imide groups is 1. The standard InChI is InChI=1S/C27H34N4O4/c1-3-4-5-6-7-8-9-10-11-12-16-23(32)29-21-15-13-14-20-25(21)28-19(2)31(27(20)35)22-17-18-24(33)30-26(22)34/h1,13-15,22H,4-12,16-18H2,2H3,(H,29,32)(H,30,33,34). The summed E-state index contributed by atoms with van der Waals surface area (Å²) in [6, 6.07) is 4.27. The van der Waals surface area contributed by atoms with Crippen molar-refractivity contribution in [2.75, 3.05) is 5.32 Å². The van der Waals surface area contributed by atoms with Crippen molar-refractivity contribution in [1.29, 1.82) is 0 Å². The highest BCUT2D eigenvalue weighted by Gasteiger charge is 2.30. The van der Waals surface area contributed by atoms with Crippen LogP contribution in [0.15, 0.2) is 23.0 Å². The van der Waals surface area contributed by atoms with Gasteiger partial charge in [-0.25, -0.2) is 4.98 Å². The van der Waals surface area contributed by atoms with Crippen molar-refractivity contribution in [2.24, 2.45) is 0 Å². The van der Waals surface area contributed by atoms with Gasteiger partial charge in [0.25, 0.3) is 5.56 Å². The van der Waals surface area contributed by atoms with E-state index >= 15 is 0 Å². The predicted molar refractivity (Wildman–Crippen MR) is 136 cm³/mol. The molecule has 1 fully saturated rings. The average molecular weight is 479 g/mol. The number of terminal acetylenes is 1. The highest BCUT2D eigenvalue weighted by atomic mass is 16.2. The van der Waals surface area contributed by atoms with E-state index in [1.807, 2.05) is 0 Å². The van der Waals surface area contributed by atoms with Gasteiger partial charge in [0.1, 0.15) is 17.4 Å². The van der Waals surface area contributed by atoms with Crippen molar-refractivity contribution in [3.05, 3.63) is 34.4 Å². The molecular weight excluding hydrogens is 444 g/mol. The Morgan fingerprint density at radius 3 is 2.49 bits per heavy atom. The molecule has 1 aromatic carbocycles. The number of piperidine rings is 1. The highest BCUT2D eigenvalue weighted by Crippen LogP contribution is 2.23. The van der Waals surface area contributed by atoms with Crippen LogP contribution < -0.4 is 16.2 Å². The molecular formula is C27H34N4O4. The molecule has 0 radical (unpaired) electrons. The molecule has 0 bridgehead atoms. The number of amides is 3. The van der Waals surface area contributed by atoms with E-state index in [4.69, 9.17) is 6.42 Å². The van der Waals surface area contributed by atoms with Crippen LogP contribution in [0.3, 0.4) is 0 Å². The molecule has 8 nitrogen and oxygen atoms in total. The van der Waals surface area contributed by atoms with Crippen LogP contribution in [0.25, 0.3) is 10.9 Å². The summed E-state index contributed by atoms with van der Waals surface area (Å²) in [5.74, 6) is 2.07. The largest absolute Gasteiger partial charge is 0.324 e. The van der Waals surface area contributed by atoms with Gasteiger partial charge in [-0.1, -0.05) is 44.6 Å². The van der Waals surface area contributed by atoms with Crippen LogP contribution >= 0.6 is 0 Å². The van der Waals surface area contributed by atoms with Crippen molar-refractivity contribution >= 4 is 34.3 Å². The van der Waals surface area contributed by atoms with E-state index in [0.717, 1.165) is 32.1 Å². The maximum atomic E-state index is 13.2. The Kier molecular flexibility index (Phi) is 9.59. The number of para-hydroxylation sites is 1. The quantitative estimate of drug-likeness (QED) is 0.270. The molecule has 1 atom stereocenters. The molecule has 0 saturated carbocycles. The molecule has 186 valence electrons. The third-order valence-corrected chi connectivity index (χ3v) is 6.38. The van der Waals surface area contributed by atoms with Crippen LogP contribution in [0, 0.1) is 19.3 Å². The van der Waals surface area contributed by atoms with Crippen LogP contribution in [-0.2, 0) is 14.4 Å². The molecule has 2 N–H and O–H groups in total. The van der Waals surface area contributed by atoms with E-state index < -0.39 is 11.9 Å². The zero-order valence-electron chi connectivity index (χ0n) is 20.4. The molecule has 0 aliphatic carbocycles. The minimum atomic E-state index is -0.779. The number of nitrogens with zero attached hydrogens (tertiary/aromatic N) is 2. The van der Waals surface area contributed by atoms with Crippen molar-refractivity contribution in [2.45, 2.75) is 90.0 Å². The Balaban J connectivity index is 1.57. The van der Waals surface area contributed by atoms with Gasteiger partial charge in [-0.3, -0.25) is 29.1 Å². The van der Waals surface area contributed by atoms with Gasteiger partial charge < -0.3 is 5.32 Å². The molecule has 3 amide bonds. The fourth-order valence-corrected chi connectivity index (χ4v) is 4.51. The summed E-state index contributed by atoms with van der Waals surface area (Å²) in [7, 11) is 0. The van der Waals surface area contributed by atoms with Crippen molar-refractivity contribution in [3.8, 4) is 12.3 Å². The van der Waals surface area contributed by atoms with E-state index in [0.29, 0.717) is 28.8 Å². The SMILES string of the molecule is C#CCCCCCCCCCCC(=O)Nc1cccc2c(=O)n(C3CCC(=O)NC3=O)c(C)nc12. The number of carbonyl (C=O) groups is 3. The third kappa shape index (κ3) is 7.01. The number of aryl methyl sites for hydroxylation is 1. The lowest BCUT2D eigenvalue weighted by molar-refractivity contribution is -0.135. The number of hydrogen-bond donors (Lipinski definition) is 2. The fraction of sp³-hybridized carbons (Fsp3) is 0.519. The van der Waals surface area contributed by atoms with Gasteiger partial charge in [0.2, 0.25) is 17.7 Å². The van der Waals surface area contributed by atoms with E-state index in [1.165, 1.54) is 30.3 Å². The van der Waals surface area contributed by atoms with Crippen molar-refractivity contribution < 1.29 is 14.4 Å². The van der Waals surface area contributed by atoms with E-state index in [-0.39, 0.29) is 30.2 Å². The molecule has 1 unspecified atom stereocenters. The third-order valence-electron chi connectivity index (χ3n) is 6.38. The number of rotatable bonds is 12. The zero-order chi connectivity index (χ0) is 25.2. The normalized spacial score (nSPS) is 15.6. The molecule has 2 heterocycles. The summed E-state index contributed by atoms with van der Waals surface area (Å²) in [6.07, 6.45) is 15.7. The first kappa shape index (κ1) is 26.1. The average Bonchev–Trinajstić information content (AvgIpc) is 2.82. The molecule has 1 aromatic heterocycles. The lowest BCUT2D eigenvalue weighted by atomic mass is 10.1. The molecule has 1 aliphatic rings. The number of unbranched alkanes of at least 4 members (excludes halogenated alkanes) is 8. The first-order valence-electron chi connectivity index (χ1n) is 12.5. The number of benzene rings is 1. The maximum absolute atomic E-state index is 13.2. The van der Waals surface area contributed by atoms with Gasteiger partial charge >= 0.3 is 0 Å². The van der Waals surface area contributed by atoms with Crippen LogP contribution in [-0.4, -0.2) is 27.3 Å². The first-order chi connectivity index (χ1) is 16.9. The Morgan fingerprint density at radius 1 is 1.11 bits per heavy atom. The Hall–Kier alpha value is -3.47. The predicted octanol–water partition coefficient (Wildman–Crippen LogP) is 4.16. The summed E-state index contributed by atoms with van der Waals surface area (Å²) in [5, 5.41) is 5.50. The van der Waals surface area contributed by atoms with Crippen LogP contribution in [0.1, 0.15) is 88.9 Å². The molecule has 8 heteroatoms. The molecule has 3 rings (SSSR count). The topological polar surface area (TPSA) is 110 Å². The number of nitrogens with one attached hydrogen (secondary N) is 2. The fourth-order valence-electron chi connectivity index (χ4n) is 4.51. The summed E-state index contributed by atoms with van der Waals surface area (Å²) in [6.45, 7) is 1.65. The highest BCUT2D eigenvalue weighted by molar-refractivity contribution is 6.01. The molecule has 1 saturated heterocycles. The number of anilines is 1. The van der Waals surface area contributed by atoms with Gasteiger partial charge in [0.05, 0.1) is 11.1 Å². The summed E-state index contributed by atoms with van der Waals surface area (Å²) in [5.41, 5.74) is 0.518. The Morgan fingerprint density at radius 2 is 1.80 bits per heavy atom. The van der Waals surface area contributed by atoms with Gasteiger partial charge in [-0.2, -0.15) is 0 Å². The molecule has 0 spiro atoms. The second-order valence-corrected chi connectivity index (χ2v) is 9.08. The maximum Gasteiger partial charge on any atom is 0.262 e. The smallest absolute Gasteiger partial charge is 0.262 e. The lowest BCUT2D eigenvalue weighted by Crippen LogP contribution is -2.45. The molecule has 35 heavy (non-hydrogen) atoms. The van der Waals surface area contributed by atoms with Gasteiger partial charge in [0.15, 0.2) is 0 Å². The van der Waals surface area contributed by atoms with Crippen LogP contribution in [0.5, 0.6) is 0 Å². The number of hydrogen-bond acceptors (Lipinski definition) is 5. The van der Waals surface area contributed by atoms with Crippen LogP contribution in [0.2, 0.25) is 0 Å². The summed E-state index contributed by atoms with van der Waals surface area (Å²) in [4.78, 5) is 54.1. The van der Waals surface area contributed by atoms with Gasteiger partial charge in [0, 0.05) is 19.3 Å². The molecule has 1 aliphatic heterocycles. The van der Waals surface area contributed by atoms with E-state index in [9.17, 15) is 19.2 Å². The Labute approximate surface area is 205 Å². The van der Waals surface area contributed by atoms with Crippen molar-refractivity contribution in [1.82, 2.24) is 14.9 Å². The second-order valence-electron chi connectivity index (χ2n) is 9.08. The first-order valence-corrected chi connectivity index (χ1v) is 12.5.